The Bertz CT molecular complexity index is 461. The second-order valence-electron chi connectivity index (χ2n) is 3.57. The van der Waals surface area contributed by atoms with Gasteiger partial charge in [0.15, 0.2) is 0 Å². The highest BCUT2D eigenvalue weighted by Crippen LogP contribution is 2.32. The average Bonchev–Trinajstić information content (AvgIpc) is 2.73. The van der Waals surface area contributed by atoms with E-state index in [1.54, 1.807) is 4.68 Å². The van der Waals surface area contributed by atoms with Crippen molar-refractivity contribution < 1.29 is 4.42 Å². The van der Waals surface area contributed by atoms with Crippen LogP contribution in [0.5, 0.6) is 0 Å². The van der Waals surface area contributed by atoms with E-state index >= 15 is 0 Å². The molecular formula is C9H11BrN4O. The van der Waals surface area contributed by atoms with E-state index in [1.807, 2.05) is 7.05 Å². The molecule has 2 aromatic rings. The van der Waals surface area contributed by atoms with Gasteiger partial charge in [0.1, 0.15) is 5.69 Å². The molecule has 0 amide bonds. The van der Waals surface area contributed by atoms with Gasteiger partial charge in [0.25, 0.3) is 5.89 Å². The normalized spacial score (nSPS) is 11.3. The molecule has 0 N–H and O–H groups in total. The molecule has 0 saturated heterocycles. The van der Waals surface area contributed by atoms with Crippen LogP contribution in [0.4, 0.5) is 0 Å². The number of hydrogen-bond acceptors (Lipinski definition) is 4. The molecule has 0 aliphatic heterocycles. The molecule has 80 valence electrons. The summed E-state index contributed by atoms with van der Waals surface area (Å²) in [7, 11) is 1.86. The fourth-order valence-electron chi connectivity index (χ4n) is 1.40. The van der Waals surface area contributed by atoms with Crippen LogP contribution < -0.4 is 0 Å². The topological polar surface area (TPSA) is 56.7 Å². The predicted molar refractivity (Wildman–Crippen MR) is 58.3 cm³/mol. The molecule has 6 heteroatoms. The third-order valence-corrected chi connectivity index (χ3v) is 2.91. The number of aromatic nitrogens is 4. The summed E-state index contributed by atoms with van der Waals surface area (Å²) in [5.41, 5.74) is 1.81. The van der Waals surface area contributed by atoms with E-state index in [-0.39, 0.29) is 0 Å². The maximum atomic E-state index is 5.16. The van der Waals surface area contributed by atoms with E-state index in [0.29, 0.717) is 11.8 Å². The number of halogens is 1. The molecule has 2 heterocycles. The Labute approximate surface area is 95.6 Å². The first-order valence-electron chi connectivity index (χ1n) is 4.60. The lowest BCUT2D eigenvalue weighted by molar-refractivity contribution is 0.559. The van der Waals surface area contributed by atoms with Crippen molar-refractivity contribution in [2.75, 3.05) is 0 Å². The molecular weight excluding hydrogens is 260 g/mol. The molecule has 2 aromatic heterocycles. The summed E-state index contributed by atoms with van der Waals surface area (Å²) < 4.78 is 7.82. The monoisotopic (exact) mass is 270 g/mol. The Morgan fingerprint density at radius 2 is 2.20 bits per heavy atom. The Morgan fingerprint density at radius 3 is 2.67 bits per heavy atom. The molecule has 0 fully saturated rings. The minimum absolute atomic E-state index is 0.349. The van der Waals surface area contributed by atoms with E-state index in [9.17, 15) is 0 Å². The standard InChI is InChI=1S/C9H11BrN4O/c1-5(2)7-6(10)8(14(3)13-7)9-12-11-4-15-9/h4-5H,1-3H3. The van der Waals surface area contributed by atoms with Crippen molar-refractivity contribution in [2.45, 2.75) is 19.8 Å². The minimum atomic E-state index is 0.349. The summed E-state index contributed by atoms with van der Waals surface area (Å²) in [6.07, 6.45) is 1.31. The molecule has 0 aliphatic carbocycles. The van der Waals surface area contributed by atoms with Crippen molar-refractivity contribution >= 4 is 15.9 Å². The van der Waals surface area contributed by atoms with Crippen molar-refractivity contribution in [3.05, 3.63) is 16.6 Å². The lowest BCUT2D eigenvalue weighted by Gasteiger charge is -1.98. The summed E-state index contributed by atoms with van der Waals surface area (Å²) in [5, 5.41) is 11.9. The van der Waals surface area contributed by atoms with Crippen molar-refractivity contribution in [1.29, 1.82) is 0 Å². The highest BCUT2D eigenvalue weighted by molar-refractivity contribution is 9.10. The first-order chi connectivity index (χ1) is 7.11. The summed E-state index contributed by atoms with van der Waals surface area (Å²) in [6, 6.07) is 0. The molecule has 0 saturated carbocycles. The van der Waals surface area contributed by atoms with Gasteiger partial charge >= 0.3 is 0 Å². The van der Waals surface area contributed by atoms with Crippen LogP contribution in [0.25, 0.3) is 11.6 Å². The van der Waals surface area contributed by atoms with Crippen LogP contribution in [0, 0.1) is 0 Å². The summed E-state index contributed by atoms with van der Waals surface area (Å²) >= 11 is 3.51. The molecule has 0 aromatic carbocycles. The van der Waals surface area contributed by atoms with E-state index in [4.69, 9.17) is 4.42 Å². The lowest BCUT2D eigenvalue weighted by atomic mass is 10.1. The average molecular weight is 271 g/mol. The predicted octanol–water partition coefficient (Wildman–Crippen LogP) is 2.36. The van der Waals surface area contributed by atoms with Crippen LogP contribution in [-0.4, -0.2) is 20.0 Å². The Hall–Kier alpha value is -1.17. The van der Waals surface area contributed by atoms with E-state index in [0.717, 1.165) is 15.9 Å². The first kappa shape index (κ1) is 10.4. The van der Waals surface area contributed by atoms with Gasteiger partial charge in [-0.1, -0.05) is 13.8 Å². The summed E-state index contributed by atoms with van der Waals surface area (Å²) in [4.78, 5) is 0. The largest absolute Gasteiger partial charge is 0.422 e. The van der Waals surface area contributed by atoms with Gasteiger partial charge in [-0.15, -0.1) is 10.2 Å². The zero-order chi connectivity index (χ0) is 11.0. The fourth-order valence-corrected chi connectivity index (χ4v) is 2.36. The third kappa shape index (κ3) is 1.69. The summed E-state index contributed by atoms with van der Waals surface area (Å²) in [5.74, 6) is 0.825. The Morgan fingerprint density at radius 1 is 1.47 bits per heavy atom. The van der Waals surface area contributed by atoms with Crippen LogP contribution in [-0.2, 0) is 7.05 Å². The van der Waals surface area contributed by atoms with Gasteiger partial charge in [0.05, 0.1) is 10.2 Å². The number of nitrogens with zero attached hydrogens (tertiary/aromatic N) is 4. The highest BCUT2D eigenvalue weighted by Gasteiger charge is 2.20. The molecule has 0 unspecified atom stereocenters. The first-order valence-corrected chi connectivity index (χ1v) is 5.39. The van der Waals surface area contributed by atoms with Gasteiger partial charge in [0, 0.05) is 7.05 Å². The van der Waals surface area contributed by atoms with Gasteiger partial charge in [-0.25, -0.2) is 0 Å². The quantitative estimate of drug-likeness (QED) is 0.841. The Balaban J connectivity index is 2.58. The van der Waals surface area contributed by atoms with E-state index < -0.39 is 0 Å². The zero-order valence-corrected chi connectivity index (χ0v) is 10.3. The minimum Gasteiger partial charge on any atom is -0.422 e. The fraction of sp³-hybridized carbons (Fsp3) is 0.444. The smallest absolute Gasteiger partial charge is 0.266 e. The van der Waals surface area contributed by atoms with Crippen LogP contribution in [0.15, 0.2) is 15.3 Å². The Kier molecular flexibility index (Phi) is 2.60. The van der Waals surface area contributed by atoms with Crippen LogP contribution in [0.2, 0.25) is 0 Å². The van der Waals surface area contributed by atoms with Crippen molar-refractivity contribution in [3.8, 4) is 11.6 Å². The molecule has 2 rings (SSSR count). The second-order valence-corrected chi connectivity index (χ2v) is 4.36. The van der Waals surface area contributed by atoms with Crippen molar-refractivity contribution in [3.63, 3.8) is 0 Å². The van der Waals surface area contributed by atoms with E-state index in [2.05, 4.69) is 45.1 Å². The summed E-state index contributed by atoms with van der Waals surface area (Å²) in [6.45, 7) is 4.18. The van der Waals surface area contributed by atoms with Gasteiger partial charge in [0.2, 0.25) is 6.39 Å². The zero-order valence-electron chi connectivity index (χ0n) is 8.73. The molecule has 0 atom stereocenters. The highest BCUT2D eigenvalue weighted by atomic mass is 79.9. The second kappa shape index (κ2) is 3.77. The van der Waals surface area contributed by atoms with Crippen LogP contribution >= 0.6 is 15.9 Å². The van der Waals surface area contributed by atoms with Gasteiger partial charge in [-0.05, 0) is 21.8 Å². The molecule has 5 nitrogen and oxygen atoms in total. The molecule has 0 aliphatic rings. The van der Waals surface area contributed by atoms with Crippen LogP contribution in [0.3, 0.4) is 0 Å². The van der Waals surface area contributed by atoms with Gasteiger partial charge in [-0.2, -0.15) is 5.10 Å². The number of rotatable bonds is 2. The van der Waals surface area contributed by atoms with E-state index in [1.165, 1.54) is 6.39 Å². The number of hydrogen-bond donors (Lipinski definition) is 0. The molecule has 0 spiro atoms. The molecule has 0 radical (unpaired) electrons. The third-order valence-electron chi connectivity index (χ3n) is 2.12. The molecule has 15 heavy (non-hydrogen) atoms. The number of aryl methyl sites for hydroxylation is 1. The maximum Gasteiger partial charge on any atom is 0.266 e. The van der Waals surface area contributed by atoms with Crippen molar-refractivity contribution in [1.82, 2.24) is 20.0 Å². The maximum absolute atomic E-state index is 5.16. The van der Waals surface area contributed by atoms with Gasteiger partial charge in [-0.3, -0.25) is 4.68 Å². The molecule has 0 bridgehead atoms. The van der Waals surface area contributed by atoms with Gasteiger partial charge < -0.3 is 4.42 Å². The van der Waals surface area contributed by atoms with Crippen molar-refractivity contribution in [2.24, 2.45) is 7.05 Å². The lowest BCUT2D eigenvalue weighted by Crippen LogP contribution is -1.95. The van der Waals surface area contributed by atoms with Crippen LogP contribution in [0.1, 0.15) is 25.5 Å². The SMILES string of the molecule is CC(C)c1nn(C)c(-c2nnco2)c1Br.